The molecule has 6 N–H and O–H groups in total. The number of rotatable bonds is 9. The number of amidine groups is 1. The number of benzene rings is 2. The normalized spacial score (nSPS) is 16.9. The zero-order valence-corrected chi connectivity index (χ0v) is 18.7. The van der Waals surface area contributed by atoms with E-state index in [9.17, 15) is 23.1 Å². The topological polar surface area (TPSA) is 166 Å². The molecule has 0 spiro atoms. The molecule has 1 fully saturated rings. The number of nitrogens with zero attached hydrogens (tertiary/aromatic N) is 1. The standard InChI is InChI=1S/C22H27N5O5S/c23-19(24)17-10-8-15(9-11-17)13-25-20(28)18-7-4-12-27(18)22(30)21(29)26-33(31,32)14-16-5-2-1-3-6-16/h1-3,5-6,8-11,18,21,26,29H,4,7,12-14H2,(H3,23,24)(H,25,28)/t18?,21-/m1/s1. The van der Waals surface area contributed by atoms with E-state index in [4.69, 9.17) is 11.1 Å². The molecule has 33 heavy (non-hydrogen) atoms. The Bertz CT molecular complexity index is 1110. The van der Waals surface area contributed by atoms with Gasteiger partial charge in [-0.2, -0.15) is 4.72 Å². The fourth-order valence-corrected chi connectivity index (χ4v) is 4.78. The first kappa shape index (κ1) is 24.4. The summed E-state index contributed by atoms with van der Waals surface area (Å²) >= 11 is 0. The van der Waals surface area contributed by atoms with E-state index >= 15 is 0 Å². The van der Waals surface area contributed by atoms with Crippen LogP contribution in [0.2, 0.25) is 0 Å². The van der Waals surface area contributed by atoms with Gasteiger partial charge in [0.15, 0.2) is 6.23 Å². The monoisotopic (exact) mass is 473 g/mol. The van der Waals surface area contributed by atoms with Crippen molar-refractivity contribution in [3.63, 3.8) is 0 Å². The minimum atomic E-state index is -3.97. The summed E-state index contributed by atoms with van der Waals surface area (Å²) in [4.78, 5) is 26.6. The molecule has 0 aliphatic carbocycles. The summed E-state index contributed by atoms with van der Waals surface area (Å²) in [5.74, 6) is -1.69. The number of nitrogens with one attached hydrogen (secondary N) is 3. The van der Waals surface area contributed by atoms with Crippen molar-refractivity contribution in [2.45, 2.75) is 37.4 Å². The number of hydrogen-bond acceptors (Lipinski definition) is 6. The Morgan fingerprint density at radius 1 is 1.12 bits per heavy atom. The van der Waals surface area contributed by atoms with E-state index in [1.807, 2.05) is 4.72 Å². The van der Waals surface area contributed by atoms with Crippen LogP contribution in [0.1, 0.15) is 29.5 Å². The van der Waals surface area contributed by atoms with E-state index in [0.29, 0.717) is 24.0 Å². The number of sulfonamides is 1. The third-order valence-electron chi connectivity index (χ3n) is 5.29. The Hall–Kier alpha value is -3.28. The van der Waals surface area contributed by atoms with Crippen LogP contribution >= 0.6 is 0 Å². The summed E-state index contributed by atoms with van der Waals surface area (Å²) < 4.78 is 26.6. The minimum absolute atomic E-state index is 0.0522. The maximum absolute atomic E-state index is 12.7. The van der Waals surface area contributed by atoms with Crippen molar-refractivity contribution < 1.29 is 23.1 Å². The fraction of sp³-hybridized carbons (Fsp3) is 0.318. The van der Waals surface area contributed by atoms with Crippen molar-refractivity contribution in [3.8, 4) is 0 Å². The van der Waals surface area contributed by atoms with Crippen LogP contribution in [0.3, 0.4) is 0 Å². The maximum atomic E-state index is 12.7. The molecule has 176 valence electrons. The molecule has 2 aromatic rings. The van der Waals surface area contributed by atoms with Crippen LogP contribution in [0.25, 0.3) is 0 Å². The van der Waals surface area contributed by atoms with Gasteiger partial charge in [0.25, 0.3) is 5.91 Å². The van der Waals surface area contributed by atoms with E-state index in [1.54, 1.807) is 54.6 Å². The first-order chi connectivity index (χ1) is 15.7. The second kappa shape index (κ2) is 10.6. The zero-order chi connectivity index (χ0) is 24.0. The van der Waals surface area contributed by atoms with Crippen molar-refractivity contribution in [1.82, 2.24) is 14.9 Å². The van der Waals surface area contributed by atoms with Gasteiger partial charge in [-0.25, -0.2) is 8.42 Å². The highest BCUT2D eigenvalue weighted by Crippen LogP contribution is 2.19. The van der Waals surface area contributed by atoms with Gasteiger partial charge in [-0.3, -0.25) is 15.0 Å². The van der Waals surface area contributed by atoms with Crippen LogP contribution < -0.4 is 15.8 Å². The lowest BCUT2D eigenvalue weighted by atomic mass is 10.1. The summed E-state index contributed by atoms with van der Waals surface area (Å²) in [5.41, 5.74) is 7.30. The van der Waals surface area contributed by atoms with Gasteiger partial charge in [-0.15, -0.1) is 0 Å². The summed E-state index contributed by atoms with van der Waals surface area (Å²) in [5, 5.41) is 20.4. The van der Waals surface area contributed by atoms with Crippen LogP contribution in [0, 0.1) is 5.41 Å². The van der Waals surface area contributed by atoms with Crippen LogP contribution in [0.5, 0.6) is 0 Å². The molecule has 1 heterocycles. The zero-order valence-electron chi connectivity index (χ0n) is 17.9. The summed E-state index contributed by atoms with van der Waals surface area (Å²) in [7, 11) is -3.97. The van der Waals surface area contributed by atoms with Crippen molar-refractivity contribution in [1.29, 1.82) is 5.41 Å². The number of amides is 2. The molecule has 1 aliphatic rings. The maximum Gasteiger partial charge on any atom is 0.268 e. The molecule has 2 amide bonds. The number of likely N-dealkylation sites (tertiary alicyclic amines) is 1. The lowest BCUT2D eigenvalue weighted by Crippen LogP contribution is -2.53. The number of carbonyl (C=O) groups excluding carboxylic acids is 2. The Morgan fingerprint density at radius 3 is 2.42 bits per heavy atom. The molecule has 0 aromatic heterocycles. The second-order valence-electron chi connectivity index (χ2n) is 7.78. The predicted octanol–water partition coefficient (Wildman–Crippen LogP) is 0.0159. The quantitative estimate of drug-likeness (QED) is 0.196. The smallest absolute Gasteiger partial charge is 0.268 e. The second-order valence-corrected chi connectivity index (χ2v) is 9.54. The molecular weight excluding hydrogens is 446 g/mol. The molecule has 2 aromatic carbocycles. The number of hydrogen-bond donors (Lipinski definition) is 5. The molecule has 3 rings (SSSR count). The Labute approximate surface area is 192 Å². The largest absolute Gasteiger partial charge is 0.384 e. The molecular formula is C22H27N5O5S. The highest BCUT2D eigenvalue weighted by Gasteiger charge is 2.37. The molecule has 2 atom stereocenters. The van der Waals surface area contributed by atoms with Gasteiger partial charge in [0.2, 0.25) is 15.9 Å². The third kappa shape index (κ3) is 6.60. The van der Waals surface area contributed by atoms with Crippen molar-refractivity contribution >= 4 is 27.7 Å². The van der Waals surface area contributed by atoms with Crippen LogP contribution in [0.4, 0.5) is 0 Å². The first-order valence-corrected chi connectivity index (χ1v) is 12.0. The lowest BCUT2D eigenvalue weighted by Gasteiger charge is -2.26. The van der Waals surface area contributed by atoms with E-state index < -0.39 is 34.1 Å². The summed E-state index contributed by atoms with van der Waals surface area (Å²) in [6.45, 7) is 0.448. The molecule has 11 heteroatoms. The molecule has 0 radical (unpaired) electrons. The Morgan fingerprint density at radius 2 is 1.79 bits per heavy atom. The number of nitrogen functional groups attached to an aromatic ring is 1. The summed E-state index contributed by atoms with van der Waals surface area (Å²) in [6.07, 6.45) is -1.02. The Balaban J connectivity index is 1.57. The van der Waals surface area contributed by atoms with Crippen molar-refractivity contribution in [2.24, 2.45) is 5.73 Å². The molecule has 0 saturated carbocycles. The number of aliphatic hydroxyl groups is 1. The molecule has 1 unspecified atom stereocenters. The highest BCUT2D eigenvalue weighted by molar-refractivity contribution is 7.88. The van der Waals surface area contributed by atoms with Crippen molar-refractivity contribution in [2.75, 3.05) is 6.54 Å². The highest BCUT2D eigenvalue weighted by atomic mass is 32.2. The van der Waals surface area contributed by atoms with Gasteiger partial charge in [0.1, 0.15) is 11.9 Å². The predicted molar refractivity (Wildman–Crippen MR) is 122 cm³/mol. The Kier molecular flexibility index (Phi) is 7.79. The number of aliphatic hydroxyl groups excluding tert-OH is 1. The van der Waals surface area contributed by atoms with E-state index in [1.165, 1.54) is 4.90 Å². The molecule has 1 saturated heterocycles. The minimum Gasteiger partial charge on any atom is -0.384 e. The van der Waals surface area contributed by atoms with Crippen LogP contribution in [-0.4, -0.2) is 54.9 Å². The van der Waals surface area contributed by atoms with Crippen molar-refractivity contribution in [3.05, 3.63) is 71.3 Å². The van der Waals surface area contributed by atoms with Gasteiger partial charge in [-0.1, -0.05) is 54.6 Å². The molecule has 0 bridgehead atoms. The average Bonchev–Trinajstić information content (AvgIpc) is 3.27. The van der Waals surface area contributed by atoms with Crippen LogP contribution in [0.15, 0.2) is 54.6 Å². The van der Waals surface area contributed by atoms with Gasteiger partial charge in [0, 0.05) is 18.7 Å². The third-order valence-corrected chi connectivity index (χ3v) is 6.59. The van der Waals surface area contributed by atoms with Gasteiger partial charge in [0.05, 0.1) is 5.75 Å². The SMILES string of the molecule is N=C(N)c1ccc(CNC(=O)C2CCCN2C(=O)[C@@H](O)NS(=O)(=O)Cc2ccccc2)cc1. The lowest BCUT2D eigenvalue weighted by molar-refractivity contribution is -0.145. The molecule has 10 nitrogen and oxygen atoms in total. The van der Waals surface area contributed by atoms with Gasteiger partial charge >= 0.3 is 0 Å². The van der Waals surface area contributed by atoms with Gasteiger partial charge < -0.3 is 21.1 Å². The van der Waals surface area contributed by atoms with E-state index in [2.05, 4.69) is 5.32 Å². The first-order valence-electron chi connectivity index (χ1n) is 10.4. The van der Waals surface area contributed by atoms with Gasteiger partial charge in [-0.05, 0) is 24.0 Å². The number of nitrogens with two attached hydrogens (primary N) is 1. The summed E-state index contributed by atoms with van der Waals surface area (Å²) in [6, 6.07) is 14.4. The average molecular weight is 474 g/mol. The van der Waals surface area contributed by atoms with Crippen LogP contribution in [-0.2, 0) is 31.9 Å². The molecule has 1 aliphatic heterocycles. The number of carbonyl (C=O) groups is 2. The van der Waals surface area contributed by atoms with E-state index in [-0.39, 0.29) is 24.7 Å². The van der Waals surface area contributed by atoms with E-state index in [0.717, 1.165) is 5.56 Å². The fourth-order valence-electron chi connectivity index (χ4n) is 3.63.